The Balaban J connectivity index is 2.46. The first-order chi connectivity index (χ1) is 6.86. The Morgan fingerprint density at radius 3 is 2.86 bits per heavy atom. The van der Waals surface area contributed by atoms with E-state index in [-0.39, 0.29) is 0 Å². The van der Waals surface area contributed by atoms with Gasteiger partial charge >= 0.3 is 0 Å². The number of nitrogens with zero attached hydrogens (tertiary/aromatic N) is 2. The first-order valence-corrected chi connectivity index (χ1v) is 5.36. The van der Waals surface area contributed by atoms with Gasteiger partial charge < -0.3 is 5.32 Å². The van der Waals surface area contributed by atoms with E-state index in [2.05, 4.69) is 29.4 Å². The van der Waals surface area contributed by atoms with Gasteiger partial charge in [0.15, 0.2) is 0 Å². The maximum absolute atomic E-state index is 4.09. The lowest BCUT2D eigenvalue weighted by atomic mass is 10.1. The Kier molecular flexibility index (Phi) is 5.15. The average Bonchev–Trinajstić information content (AvgIpc) is 2.20. The van der Waals surface area contributed by atoms with E-state index in [0.29, 0.717) is 6.04 Å². The summed E-state index contributed by atoms with van der Waals surface area (Å²) in [5, 5.41) is 11.4. The second-order valence-electron chi connectivity index (χ2n) is 3.46. The summed E-state index contributed by atoms with van der Waals surface area (Å²) in [6.07, 6.45) is 5.10. The number of hydrogen-bond donors (Lipinski definition) is 1. The molecule has 0 aliphatic heterocycles. The van der Waals surface area contributed by atoms with Crippen LogP contribution in [-0.2, 0) is 6.42 Å². The van der Waals surface area contributed by atoms with Crippen LogP contribution in [0.15, 0.2) is 18.3 Å². The zero-order valence-electron chi connectivity index (χ0n) is 9.03. The fraction of sp³-hybridized carbons (Fsp3) is 0.636. The van der Waals surface area contributed by atoms with Crippen LogP contribution >= 0.6 is 0 Å². The number of nitrogens with one attached hydrogen (secondary N) is 1. The van der Waals surface area contributed by atoms with Gasteiger partial charge in [0.05, 0.1) is 5.69 Å². The molecule has 3 nitrogen and oxygen atoms in total. The second kappa shape index (κ2) is 6.49. The van der Waals surface area contributed by atoms with Gasteiger partial charge in [0, 0.05) is 18.7 Å². The van der Waals surface area contributed by atoms with E-state index in [1.165, 1.54) is 12.8 Å². The van der Waals surface area contributed by atoms with Crippen molar-refractivity contribution < 1.29 is 0 Å². The first-order valence-electron chi connectivity index (χ1n) is 5.36. The molecule has 0 spiro atoms. The molecule has 1 unspecified atom stereocenters. The summed E-state index contributed by atoms with van der Waals surface area (Å²) in [7, 11) is 0. The van der Waals surface area contributed by atoms with Gasteiger partial charge in [0.1, 0.15) is 0 Å². The Hall–Kier alpha value is -0.960. The predicted molar refractivity (Wildman–Crippen MR) is 58.1 cm³/mol. The molecule has 0 bridgehead atoms. The molecule has 1 N–H and O–H groups in total. The standard InChI is InChI=1S/C11H19N3/c1-3-6-10(12-4-2)9-11-7-5-8-13-14-11/h5,7-8,10,12H,3-4,6,9H2,1-2H3. The van der Waals surface area contributed by atoms with E-state index >= 15 is 0 Å². The second-order valence-corrected chi connectivity index (χ2v) is 3.46. The van der Waals surface area contributed by atoms with Crippen molar-refractivity contribution in [2.75, 3.05) is 6.54 Å². The van der Waals surface area contributed by atoms with E-state index in [1.54, 1.807) is 6.20 Å². The molecular weight excluding hydrogens is 174 g/mol. The third kappa shape index (κ3) is 3.83. The molecule has 0 aliphatic rings. The molecule has 3 heteroatoms. The Morgan fingerprint density at radius 2 is 2.29 bits per heavy atom. The molecule has 0 saturated heterocycles. The van der Waals surface area contributed by atoms with Gasteiger partial charge in [0.25, 0.3) is 0 Å². The molecule has 0 fully saturated rings. The number of hydrogen-bond acceptors (Lipinski definition) is 3. The third-order valence-corrected chi connectivity index (χ3v) is 2.21. The minimum atomic E-state index is 0.543. The molecule has 1 atom stereocenters. The van der Waals surface area contributed by atoms with E-state index in [4.69, 9.17) is 0 Å². The van der Waals surface area contributed by atoms with E-state index in [0.717, 1.165) is 18.7 Å². The van der Waals surface area contributed by atoms with Crippen LogP contribution < -0.4 is 5.32 Å². The largest absolute Gasteiger partial charge is 0.314 e. The maximum Gasteiger partial charge on any atom is 0.0646 e. The summed E-state index contributed by atoms with van der Waals surface area (Å²) in [4.78, 5) is 0. The van der Waals surface area contributed by atoms with E-state index in [1.807, 2.05) is 12.1 Å². The number of likely N-dealkylation sites (N-methyl/N-ethyl adjacent to an activating group) is 1. The average molecular weight is 193 g/mol. The van der Waals surface area contributed by atoms with Gasteiger partial charge in [-0.1, -0.05) is 20.3 Å². The van der Waals surface area contributed by atoms with Crippen LogP contribution in [0.3, 0.4) is 0 Å². The highest BCUT2D eigenvalue weighted by atomic mass is 15.1. The van der Waals surface area contributed by atoms with Crippen LogP contribution in [0.1, 0.15) is 32.4 Å². The van der Waals surface area contributed by atoms with Crippen LogP contribution in [0.25, 0.3) is 0 Å². The highest BCUT2D eigenvalue weighted by molar-refractivity contribution is 5.01. The Labute approximate surface area is 85.9 Å². The van der Waals surface area contributed by atoms with Gasteiger partial charge in [0.2, 0.25) is 0 Å². The number of aromatic nitrogens is 2. The summed E-state index contributed by atoms with van der Waals surface area (Å²) in [5.41, 5.74) is 1.08. The van der Waals surface area contributed by atoms with Crippen molar-refractivity contribution in [1.29, 1.82) is 0 Å². The molecule has 0 aromatic carbocycles. The Bertz CT molecular complexity index is 230. The molecule has 1 rings (SSSR count). The lowest BCUT2D eigenvalue weighted by Gasteiger charge is -2.15. The van der Waals surface area contributed by atoms with Gasteiger partial charge in [-0.15, -0.1) is 0 Å². The van der Waals surface area contributed by atoms with Crippen LogP contribution in [-0.4, -0.2) is 22.8 Å². The van der Waals surface area contributed by atoms with Crippen LogP contribution in [0.5, 0.6) is 0 Å². The first kappa shape index (κ1) is 11.1. The van der Waals surface area contributed by atoms with Crippen molar-refractivity contribution in [3.63, 3.8) is 0 Å². The zero-order valence-corrected chi connectivity index (χ0v) is 9.03. The van der Waals surface area contributed by atoms with Crippen LogP contribution in [0.2, 0.25) is 0 Å². The molecule has 78 valence electrons. The van der Waals surface area contributed by atoms with Crippen LogP contribution in [0, 0.1) is 0 Å². The highest BCUT2D eigenvalue weighted by Crippen LogP contribution is 2.03. The molecule has 1 aromatic heterocycles. The van der Waals surface area contributed by atoms with Crippen molar-refractivity contribution >= 4 is 0 Å². The molecular formula is C11H19N3. The SMILES string of the molecule is CCCC(Cc1cccnn1)NCC. The summed E-state index contributed by atoms with van der Waals surface area (Å²) >= 11 is 0. The third-order valence-electron chi connectivity index (χ3n) is 2.21. The number of rotatable bonds is 6. The van der Waals surface area contributed by atoms with Gasteiger partial charge in [-0.3, -0.25) is 0 Å². The molecule has 0 saturated carbocycles. The van der Waals surface area contributed by atoms with Crippen molar-refractivity contribution in [2.45, 2.75) is 39.2 Å². The molecule has 0 aliphatic carbocycles. The fourth-order valence-electron chi connectivity index (χ4n) is 1.61. The van der Waals surface area contributed by atoms with Gasteiger partial charge in [-0.05, 0) is 25.1 Å². The zero-order chi connectivity index (χ0) is 10.2. The van der Waals surface area contributed by atoms with Crippen molar-refractivity contribution in [2.24, 2.45) is 0 Å². The van der Waals surface area contributed by atoms with E-state index in [9.17, 15) is 0 Å². The van der Waals surface area contributed by atoms with E-state index < -0.39 is 0 Å². The van der Waals surface area contributed by atoms with Crippen molar-refractivity contribution in [1.82, 2.24) is 15.5 Å². The molecule has 14 heavy (non-hydrogen) atoms. The minimum absolute atomic E-state index is 0.543. The topological polar surface area (TPSA) is 37.8 Å². The predicted octanol–water partition coefficient (Wildman–Crippen LogP) is 1.80. The molecule has 0 amide bonds. The van der Waals surface area contributed by atoms with Gasteiger partial charge in [-0.2, -0.15) is 10.2 Å². The summed E-state index contributed by atoms with van der Waals surface area (Å²) in [5.74, 6) is 0. The smallest absolute Gasteiger partial charge is 0.0646 e. The van der Waals surface area contributed by atoms with Crippen LogP contribution in [0.4, 0.5) is 0 Å². The Morgan fingerprint density at radius 1 is 1.43 bits per heavy atom. The normalized spacial score (nSPS) is 12.7. The fourth-order valence-corrected chi connectivity index (χ4v) is 1.61. The van der Waals surface area contributed by atoms with Gasteiger partial charge in [-0.25, -0.2) is 0 Å². The molecule has 0 radical (unpaired) electrons. The van der Waals surface area contributed by atoms with Crippen molar-refractivity contribution in [3.05, 3.63) is 24.0 Å². The van der Waals surface area contributed by atoms with Crippen molar-refractivity contribution in [3.8, 4) is 0 Å². The highest BCUT2D eigenvalue weighted by Gasteiger charge is 2.07. The lowest BCUT2D eigenvalue weighted by Crippen LogP contribution is -2.31. The maximum atomic E-state index is 4.09. The minimum Gasteiger partial charge on any atom is -0.314 e. The quantitative estimate of drug-likeness (QED) is 0.748. The molecule has 1 aromatic rings. The monoisotopic (exact) mass is 193 g/mol. The summed E-state index contributed by atoms with van der Waals surface area (Å²) < 4.78 is 0. The lowest BCUT2D eigenvalue weighted by molar-refractivity contribution is 0.480. The summed E-state index contributed by atoms with van der Waals surface area (Å²) in [6.45, 7) is 5.37. The summed E-state index contributed by atoms with van der Waals surface area (Å²) in [6, 6.07) is 4.52. The molecule has 1 heterocycles.